The molecule has 0 atom stereocenters. The summed E-state index contributed by atoms with van der Waals surface area (Å²) >= 11 is 0. The van der Waals surface area contributed by atoms with Gasteiger partial charge in [0.25, 0.3) is 11.6 Å². The van der Waals surface area contributed by atoms with Crippen LogP contribution in [0.5, 0.6) is 0 Å². The molecule has 2 aliphatic rings. The highest BCUT2D eigenvalue weighted by molar-refractivity contribution is 6.07. The van der Waals surface area contributed by atoms with Gasteiger partial charge in [0, 0.05) is 25.2 Å². The third-order valence-electron chi connectivity index (χ3n) is 6.61. The Balaban J connectivity index is 0.00000218. The molecule has 2 fully saturated rings. The number of pyridine rings is 1. The minimum absolute atomic E-state index is 0. The van der Waals surface area contributed by atoms with Crippen LogP contribution in [0, 0.1) is 26.2 Å². The smallest absolute Gasteiger partial charge is 0.259 e. The zero-order valence-corrected chi connectivity index (χ0v) is 18.4. The number of hydrogen-bond donors (Lipinski definition) is 1. The van der Waals surface area contributed by atoms with Crippen LogP contribution in [0.1, 0.15) is 46.8 Å². The molecule has 0 aliphatic carbocycles. The van der Waals surface area contributed by atoms with Crippen molar-refractivity contribution in [3.05, 3.63) is 34.9 Å². The van der Waals surface area contributed by atoms with Gasteiger partial charge in [-0.15, -0.1) is 12.4 Å². The molecule has 30 heavy (non-hydrogen) atoms. The second-order valence-electron chi connectivity index (χ2n) is 8.55. The molecule has 2 saturated heterocycles. The fourth-order valence-corrected chi connectivity index (χ4v) is 4.86. The van der Waals surface area contributed by atoms with Crippen LogP contribution in [0.4, 0.5) is 0 Å². The predicted molar refractivity (Wildman–Crippen MR) is 116 cm³/mol. The zero-order valence-electron chi connectivity index (χ0n) is 17.6. The average molecular weight is 431 g/mol. The molecular formula is C22H27ClN4O3. The summed E-state index contributed by atoms with van der Waals surface area (Å²) in [6, 6.07) is 3.81. The van der Waals surface area contributed by atoms with Crippen molar-refractivity contribution >= 4 is 29.4 Å². The second-order valence-corrected chi connectivity index (χ2v) is 8.55. The third kappa shape index (κ3) is 3.40. The van der Waals surface area contributed by atoms with Gasteiger partial charge in [-0.25, -0.2) is 4.98 Å². The van der Waals surface area contributed by atoms with Gasteiger partial charge in [-0.05, 0) is 64.1 Å². The van der Waals surface area contributed by atoms with E-state index in [1.54, 1.807) is 0 Å². The van der Waals surface area contributed by atoms with E-state index in [2.05, 4.69) is 15.5 Å². The van der Waals surface area contributed by atoms with Crippen LogP contribution in [-0.4, -0.2) is 47.1 Å². The number of fused-ring (bicyclic) bond motifs is 1. The van der Waals surface area contributed by atoms with Crippen molar-refractivity contribution in [2.45, 2.75) is 40.0 Å². The van der Waals surface area contributed by atoms with Crippen molar-refractivity contribution in [3.63, 3.8) is 0 Å². The van der Waals surface area contributed by atoms with Gasteiger partial charge < -0.3 is 19.2 Å². The normalized spacial score (nSPS) is 18.2. The number of furan rings is 1. The summed E-state index contributed by atoms with van der Waals surface area (Å²) in [5.41, 5.74) is 3.63. The largest absolute Gasteiger partial charge is 0.466 e. The first-order chi connectivity index (χ1) is 14.0. The molecule has 5 rings (SSSR count). The summed E-state index contributed by atoms with van der Waals surface area (Å²) in [4.78, 5) is 20.1. The van der Waals surface area contributed by atoms with Crippen LogP contribution >= 0.6 is 12.4 Å². The second kappa shape index (κ2) is 7.71. The van der Waals surface area contributed by atoms with Crippen LogP contribution in [-0.2, 0) is 0 Å². The molecule has 7 nitrogen and oxygen atoms in total. The number of halogens is 1. The molecule has 160 valence electrons. The van der Waals surface area contributed by atoms with E-state index in [1.165, 1.54) is 6.42 Å². The number of likely N-dealkylation sites (tertiary alicyclic amines) is 1. The maximum atomic E-state index is 13.5. The fraction of sp³-hybridized carbons (Fsp3) is 0.500. The van der Waals surface area contributed by atoms with Gasteiger partial charge in [0.2, 0.25) is 0 Å². The van der Waals surface area contributed by atoms with Crippen LogP contribution in [0.15, 0.2) is 21.1 Å². The van der Waals surface area contributed by atoms with E-state index in [1.807, 2.05) is 37.8 Å². The molecule has 0 radical (unpaired) electrons. The van der Waals surface area contributed by atoms with Gasteiger partial charge in [-0.2, -0.15) is 0 Å². The van der Waals surface area contributed by atoms with Crippen molar-refractivity contribution in [1.29, 1.82) is 0 Å². The molecule has 3 aromatic heterocycles. The standard InChI is InChI=1S/C22H26N4O3.ClH/c1-13-10-16(15(3)28-13)18-11-17(19-14(2)25-29-20(19)24-18)21(27)26-8-5-22(6-9-26)4-7-23-12-22;/h10-11,23H,4-9,12H2,1-3H3;1H. The highest BCUT2D eigenvalue weighted by atomic mass is 35.5. The molecule has 0 unspecified atom stereocenters. The number of nitrogens with zero attached hydrogens (tertiary/aromatic N) is 3. The van der Waals surface area contributed by atoms with Crippen LogP contribution in [0.2, 0.25) is 0 Å². The topological polar surface area (TPSA) is 84.4 Å². The van der Waals surface area contributed by atoms with E-state index in [0.29, 0.717) is 33.5 Å². The molecule has 1 spiro atoms. The van der Waals surface area contributed by atoms with E-state index in [-0.39, 0.29) is 18.3 Å². The van der Waals surface area contributed by atoms with Gasteiger partial charge in [-0.3, -0.25) is 4.79 Å². The van der Waals surface area contributed by atoms with Crippen LogP contribution < -0.4 is 5.32 Å². The zero-order chi connectivity index (χ0) is 20.2. The molecule has 2 aliphatic heterocycles. The Hall–Kier alpha value is -2.38. The fourth-order valence-electron chi connectivity index (χ4n) is 4.86. The number of amides is 1. The lowest BCUT2D eigenvalue weighted by Gasteiger charge is -2.39. The number of carbonyl (C=O) groups is 1. The molecule has 0 aromatic carbocycles. The first-order valence-corrected chi connectivity index (χ1v) is 10.3. The molecule has 1 amide bonds. The molecule has 8 heteroatoms. The Morgan fingerprint density at radius 3 is 2.57 bits per heavy atom. The Kier molecular flexibility index (Phi) is 5.36. The molecule has 0 bridgehead atoms. The molecular weight excluding hydrogens is 404 g/mol. The van der Waals surface area contributed by atoms with E-state index in [0.717, 1.165) is 56.1 Å². The first-order valence-electron chi connectivity index (χ1n) is 10.3. The molecule has 0 saturated carbocycles. The Morgan fingerprint density at radius 2 is 1.93 bits per heavy atom. The van der Waals surface area contributed by atoms with Crippen LogP contribution in [0.3, 0.4) is 0 Å². The summed E-state index contributed by atoms with van der Waals surface area (Å²) < 4.78 is 11.1. The van der Waals surface area contributed by atoms with Gasteiger partial charge >= 0.3 is 0 Å². The van der Waals surface area contributed by atoms with Gasteiger partial charge in [0.05, 0.1) is 22.3 Å². The van der Waals surface area contributed by atoms with E-state index >= 15 is 0 Å². The number of carbonyl (C=O) groups excluding carboxylic acids is 1. The van der Waals surface area contributed by atoms with E-state index in [9.17, 15) is 4.79 Å². The van der Waals surface area contributed by atoms with Crippen molar-refractivity contribution < 1.29 is 13.7 Å². The molecule has 3 aromatic rings. The highest BCUT2D eigenvalue weighted by Crippen LogP contribution is 2.38. The maximum Gasteiger partial charge on any atom is 0.259 e. The Bertz CT molecular complexity index is 1090. The number of hydrogen-bond acceptors (Lipinski definition) is 6. The summed E-state index contributed by atoms with van der Waals surface area (Å²) in [5.74, 6) is 1.62. The number of aryl methyl sites for hydroxylation is 3. The number of nitrogens with one attached hydrogen (secondary N) is 1. The lowest BCUT2D eigenvalue weighted by atomic mass is 9.77. The Morgan fingerprint density at radius 1 is 1.17 bits per heavy atom. The number of rotatable bonds is 2. The van der Waals surface area contributed by atoms with Gasteiger partial charge in [0.15, 0.2) is 0 Å². The van der Waals surface area contributed by atoms with Crippen molar-refractivity contribution in [2.24, 2.45) is 5.41 Å². The quantitative estimate of drug-likeness (QED) is 0.660. The number of aromatic nitrogens is 2. The predicted octanol–water partition coefficient (Wildman–Crippen LogP) is 4.05. The average Bonchev–Trinajstić information content (AvgIpc) is 3.41. The highest BCUT2D eigenvalue weighted by Gasteiger charge is 2.38. The van der Waals surface area contributed by atoms with Crippen molar-refractivity contribution in [3.8, 4) is 11.3 Å². The van der Waals surface area contributed by atoms with Crippen molar-refractivity contribution in [2.75, 3.05) is 26.2 Å². The third-order valence-corrected chi connectivity index (χ3v) is 6.61. The lowest BCUT2D eigenvalue weighted by Crippen LogP contribution is -2.44. The summed E-state index contributed by atoms with van der Waals surface area (Å²) in [6.45, 7) is 9.39. The lowest BCUT2D eigenvalue weighted by molar-refractivity contribution is 0.0609. The first kappa shape index (κ1) is 20.9. The minimum Gasteiger partial charge on any atom is -0.466 e. The Labute approximate surface area is 181 Å². The minimum atomic E-state index is 0. The number of piperidine rings is 1. The van der Waals surface area contributed by atoms with E-state index < -0.39 is 0 Å². The summed E-state index contributed by atoms with van der Waals surface area (Å²) in [7, 11) is 0. The van der Waals surface area contributed by atoms with Gasteiger partial charge in [-0.1, -0.05) is 5.16 Å². The monoisotopic (exact) mass is 430 g/mol. The van der Waals surface area contributed by atoms with Crippen LogP contribution in [0.25, 0.3) is 22.4 Å². The summed E-state index contributed by atoms with van der Waals surface area (Å²) in [6.07, 6.45) is 3.31. The maximum absolute atomic E-state index is 13.5. The summed E-state index contributed by atoms with van der Waals surface area (Å²) in [5, 5.41) is 8.25. The van der Waals surface area contributed by atoms with Gasteiger partial charge in [0.1, 0.15) is 11.5 Å². The SMILES string of the molecule is Cc1cc(-c2cc(C(=O)N3CCC4(CCNC4)CC3)c3c(C)noc3n2)c(C)o1.Cl. The molecule has 1 N–H and O–H groups in total. The van der Waals surface area contributed by atoms with E-state index in [4.69, 9.17) is 8.94 Å². The molecule has 5 heterocycles. The van der Waals surface area contributed by atoms with Crippen molar-refractivity contribution in [1.82, 2.24) is 20.4 Å².